The van der Waals surface area contributed by atoms with Gasteiger partial charge in [0, 0.05) is 30.2 Å². The van der Waals surface area contributed by atoms with Gasteiger partial charge in [0.1, 0.15) is 5.75 Å². The molecule has 1 amide bonds. The molecule has 0 aromatic heterocycles. The Labute approximate surface area is 148 Å². The van der Waals surface area contributed by atoms with Gasteiger partial charge in [0.15, 0.2) is 0 Å². The van der Waals surface area contributed by atoms with Crippen molar-refractivity contribution in [1.29, 1.82) is 0 Å². The van der Waals surface area contributed by atoms with Crippen molar-refractivity contribution in [2.75, 3.05) is 11.9 Å². The molecule has 2 aromatic carbocycles. The molecular formula is C19H23ClN2O2. The molecule has 2 rings (SSSR count). The fourth-order valence-electron chi connectivity index (χ4n) is 2.15. The fourth-order valence-corrected chi connectivity index (χ4v) is 2.28. The minimum Gasteiger partial charge on any atom is -0.491 e. The van der Waals surface area contributed by atoms with Gasteiger partial charge in [-0.1, -0.05) is 23.7 Å². The summed E-state index contributed by atoms with van der Waals surface area (Å²) in [4.78, 5) is 11.9. The first-order valence-electron chi connectivity index (χ1n) is 8.04. The summed E-state index contributed by atoms with van der Waals surface area (Å²) in [7, 11) is 0. The molecule has 0 aliphatic rings. The second-order valence-corrected chi connectivity index (χ2v) is 6.23. The molecule has 0 aliphatic heterocycles. The maximum atomic E-state index is 11.9. The maximum Gasteiger partial charge on any atom is 0.225 e. The van der Waals surface area contributed by atoms with E-state index in [1.165, 1.54) is 0 Å². The Hall–Kier alpha value is -2.04. The summed E-state index contributed by atoms with van der Waals surface area (Å²) in [5.74, 6) is 0.781. The highest BCUT2D eigenvalue weighted by Crippen LogP contribution is 2.17. The van der Waals surface area contributed by atoms with E-state index >= 15 is 0 Å². The normalized spacial score (nSPS) is 10.7. The summed E-state index contributed by atoms with van der Waals surface area (Å²) in [6, 6.07) is 15.1. The van der Waals surface area contributed by atoms with Gasteiger partial charge in [-0.25, -0.2) is 0 Å². The molecule has 2 aromatic rings. The van der Waals surface area contributed by atoms with Gasteiger partial charge in [0.2, 0.25) is 5.91 Å². The number of carbonyl (C=O) groups excluding carboxylic acids is 1. The van der Waals surface area contributed by atoms with Crippen LogP contribution in [0, 0.1) is 0 Å². The third-order valence-corrected chi connectivity index (χ3v) is 3.53. The molecule has 5 heteroatoms. The number of amides is 1. The van der Waals surface area contributed by atoms with Crippen molar-refractivity contribution in [2.45, 2.75) is 32.9 Å². The average molecular weight is 347 g/mol. The predicted molar refractivity (Wildman–Crippen MR) is 98.6 cm³/mol. The van der Waals surface area contributed by atoms with E-state index in [9.17, 15) is 4.79 Å². The SMILES string of the molecule is CC(C)Oc1ccc(NC(=O)CCNCc2ccc(Cl)cc2)cc1. The summed E-state index contributed by atoms with van der Waals surface area (Å²) in [6.45, 7) is 5.29. The molecule has 0 saturated heterocycles. The molecule has 128 valence electrons. The van der Waals surface area contributed by atoms with Crippen LogP contribution in [-0.4, -0.2) is 18.6 Å². The average Bonchev–Trinajstić information content (AvgIpc) is 2.55. The second kappa shape index (κ2) is 9.30. The number of hydrogen-bond acceptors (Lipinski definition) is 3. The van der Waals surface area contributed by atoms with Crippen LogP contribution in [0.15, 0.2) is 48.5 Å². The summed E-state index contributed by atoms with van der Waals surface area (Å²) in [5, 5.41) is 6.85. The Bertz CT molecular complexity index is 639. The minimum absolute atomic E-state index is 0.0175. The lowest BCUT2D eigenvalue weighted by molar-refractivity contribution is -0.116. The number of benzene rings is 2. The zero-order chi connectivity index (χ0) is 17.4. The highest BCUT2D eigenvalue weighted by Gasteiger charge is 2.03. The molecule has 0 aliphatic carbocycles. The quantitative estimate of drug-likeness (QED) is 0.703. The van der Waals surface area contributed by atoms with Crippen LogP contribution in [0.2, 0.25) is 5.02 Å². The lowest BCUT2D eigenvalue weighted by atomic mass is 10.2. The number of halogens is 1. The number of ether oxygens (including phenoxy) is 1. The number of carbonyl (C=O) groups is 1. The minimum atomic E-state index is -0.0175. The molecule has 0 spiro atoms. The maximum absolute atomic E-state index is 11.9. The first kappa shape index (κ1) is 18.3. The van der Waals surface area contributed by atoms with Crippen LogP contribution in [0.5, 0.6) is 5.75 Å². The Balaban J connectivity index is 1.68. The lowest BCUT2D eigenvalue weighted by Gasteiger charge is -2.11. The molecule has 0 fully saturated rings. The summed E-state index contributed by atoms with van der Waals surface area (Å²) >= 11 is 5.84. The molecule has 24 heavy (non-hydrogen) atoms. The fraction of sp³-hybridized carbons (Fsp3) is 0.316. The van der Waals surface area contributed by atoms with Gasteiger partial charge in [-0.15, -0.1) is 0 Å². The van der Waals surface area contributed by atoms with E-state index in [0.29, 0.717) is 19.5 Å². The number of nitrogens with one attached hydrogen (secondary N) is 2. The third kappa shape index (κ3) is 6.60. The molecule has 2 N–H and O–H groups in total. The monoisotopic (exact) mass is 346 g/mol. The van der Waals surface area contributed by atoms with Crippen molar-refractivity contribution in [3.8, 4) is 5.75 Å². The molecule has 0 atom stereocenters. The van der Waals surface area contributed by atoms with E-state index in [-0.39, 0.29) is 12.0 Å². The van der Waals surface area contributed by atoms with Crippen LogP contribution in [0.4, 0.5) is 5.69 Å². The number of hydrogen-bond donors (Lipinski definition) is 2. The van der Waals surface area contributed by atoms with E-state index in [2.05, 4.69) is 10.6 Å². The van der Waals surface area contributed by atoms with Crippen molar-refractivity contribution in [1.82, 2.24) is 5.32 Å². The van der Waals surface area contributed by atoms with Crippen molar-refractivity contribution >= 4 is 23.2 Å². The topological polar surface area (TPSA) is 50.4 Å². The van der Waals surface area contributed by atoms with E-state index in [4.69, 9.17) is 16.3 Å². The second-order valence-electron chi connectivity index (χ2n) is 5.79. The lowest BCUT2D eigenvalue weighted by Crippen LogP contribution is -2.21. The van der Waals surface area contributed by atoms with Gasteiger partial charge in [0.25, 0.3) is 0 Å². The highest BCUT2D eigenvalue weighted by molar-refractivity contribution is 6.30. The highest BCUT2D eigenvalue weighted by atomic mass is 35.5. The van der Waals surface area contributed by atoms with Crippen LogP contribution < -0.4 is 15.4 Å². The molecule has 0 heterocycles. The molecule has 0 bridgehead atoms. The van der Waals surface area contributed by atoms with Crippen molar-refractivity contribution in [3.63, 3.8) is 0 Å². The van der Waals surface area contributed by atoms with E-state index in [1.54, 1.807) is 0 Å². The Morgan fingerprint density at radius 1 is 1.08 bits per heavy atom. The van der Waals surface area contributed by atoms with E-state index in [1.807, 2.05) is 62.4 Å². The molecule has 4 nitrogen and oxygen atoms in total. The largest absolute Gasteiger partial charge is 0.491 e. The Kier molecular flexibility index (Phi) is 7.09. The van der Waals surface area contributed by atoms with Crippen LogP contribution >= 0.6 is 11.6 Å². The third-order valence-electron chi connectivity index (χ3n) is 3.28. The van der Waals surface area contributed by atoms with Gasteiger partial charge < -0.3 is 15.4 Å². The Morgan fingerprint density at radius 2 is 1.75 bits per heavy atom. The Morgan fingerprint density at radius 3 is 2.38 bits per heavy atom. The van der Waals surface area contributed by atoms with E-state index < -0.39 is 0 Å². The van der Waals surface area contributed by atoms with Crippen molar-refractivity contribution in [3.05, 3.63) is 59.1 Å². The summed E-state index contributed by atoms with van der Waals surface area (Å²) < 4.78 is 5.57. The van der Waals surface area contributed by atoms with Crippen LogP contribution in [0.3, 0.4) is 0 Å². The zero-order valence-corrected chi connectivity index (χ0v) is 14.8. The molecule has 0 saturated carbocycles. The number of rotatable bonds is 8. The summed E-state index contributed by atoms with van der Waals surface area (Å²) in [5.41, 5.74) is 1.91. The molecular weight excluding hydrogens is 324 g/mol. The standard InChI is InChI=1S/C19H23ClN2O2/c1-14(2)24-18-9-7-17(8-10-18)22-19(23)11-12-21-13-15-3-5-16(20)6-4-15/h3-10,14,21H,11-13H2,1-2H3,(H,22,23). The predicted octanol–water partition coefficient (Wildman–Crippen LogP) is 4.25. The van der Waals surface area contributed by atoms with Crippen LogP contribution in [0.1, 0.15) is 25.8 Å². The van der Waals surface area contributed by atoms with E-state index in [0.717, 1.165) is 22.0 Å². The first-order valence-corrected chi connectivity index (χ1v) is 8.42. The molecule has 0 unspecified atom stereocenters. The van der Waals surface area contributed by atoms with Gasteiger partial charge in [-0.2, -0.15) is 0 Å². The van der Waals surface area contributed by atoms with Crippen molar-refractivity contribution < 1.29 is 9.53 Å². The zero-order valence-electron chi connectivity index (χ0n) is 14.0. The van der Waals surface area contributed by atoms with Crippen LogP contribution in [-0.2, 0) is 11.3 Å². The van der Waals surface area contributed by atoms with Crippen LogP contribution in [0.25, 0.3) is 0 Å². The number of anilines is 1. The smallest absolute Gasteiger partial charge is 0.225 e. The summed E-state index contributed by atoms with van der Waals surface area (Å²) in [6.07, 6.45) is 0.551. The molecule has 0 radical (unpaired) electrons. The first-order chi connectivity index (χ1) is 11.5. The van der Waals surface area contributed by atoms with Gasteiger partial charge >= 0.3 is 0 Å². The van der Waals surface area contributed by atoms with Gasteiger partial charge in [-0.05, 0) is 55.8 Å². The van der Waals surface area contributed by atoms with Gasteiger partial charge in [0.05, 0.1) is 6.10 Å². The van der Waals surface area contributed by atoms with Crippen molar-refractivity contribution in [2.24, 2.45) is 0 Å². The van der Waals surface area contributed by atoms with Gasteiger partial charge in [-0.3, -0.25) is 4.79 Å².